The number of fused-ring (bicyclic) bond motifs is 1. The van der Waals surface area contributed by atoms with Crippen molar-refractivity contribution in [1.29, 1.82) is 0 Å². The van der Waals surface area contributed by atoms with Gasteiger partial charge in [-0.1, -0.05) is 43.2 Å². The van der Waals surface area contributed by atoms with Crippen molar-refractivity contribution in [2.24, 2.45) is 5.73 Å². The van der Waals surface area contributed by atoms with Gasteiger partial charge < -0.3 is 20.4 Å². The standard InChI is InChI=1S/C23H30N6O.2ClH/c24-17-10-12-19(13-11-17)30-23-27-21(25-14-16-6-2-1-3-7-16)20-22(28-23)29(15-26-20)18-8-4-5-9-18;;/h1-3,6-7,15,17-19H,4-5,8-14,24H2,(H,25,27,28);2*1H. The molecule has 2 aromatic heterocycles. The largest absolute Gasteiger partial charge is 0.460 e. The van der Waals surface area contributed by atoms with Crippen LogP contribution >= 0.6 is 24.8 Å². The van der Waals surface area contributed by atoms with Crippen LogP contribution in [0.4, 0.5) is 5.82 Å². The van der Waals surface area contributed by atoms with Crippen molar-refractivity contribution in [1.82, 2.24) is 19.5 Å². The van der Waals surface area contributed by atoms with Crippen molar-refractivity contribution in [3.05, 3.63) is 42.2 Å². The molecule has 0 radical (unpaired) electrons. The summed E-state index contributed by atoms with van der Waals surface area (Å²) in [7, 11) is 0. The Bertz CT molecular complexity index is 985. The lowest BCUT2D eigenvalue weighted by molar-refractivity contribution is 0.135. The lowest BCUT2D eigenvalue weighted by Crippen LogP contribution is -2.32. The molecule has 3 N–H and O–H groups in total. The molecule has 1 aromatic carbocycles. The van der Waals surface area contributed by atoms with E-state index in [1.165, 1.54) is 31.2 Å². The van der Waals surface area contributed by atoms with Gasteiger partial charge in [0.2, 0.25) is 0 Å². The molecule has 0 amide bonds. The first-order valence-electron chi connectivity index (χ1n) is 11.2. The van der Waals surface area contributed by atoms with Gasteiger partial charge in [0.1, 0.15) is 6.10 Å². The van der Waals surface area contributed by atoms with Gasteiger partial charge in [-0.2, -0.15) is 9.97 Å². The highest BCUT2D eigenvalue weighted by atomic mass is 35.5. The van der Waals surface area contributed by atoms with Crippen LogP contribution in [0, 0.1) is 0 Å². The van der Waals surface area contributed by atoms with E-state index in [1.807, 2.05) is 24.5 Å². The number of nitrogens with one attached hydrogen (secondary N) is 1. The number of hydrogen-bond acceptors (Lipinski definition) is 6. The first kappa shape index (κ1) is 24.6. The molecule has 2 saturated carbocycles. The van der Waals surface area contributed by atoms with E-state index in [4.69, 9.17) is 20.4 Å². The van der Waals surface area contributed by atoms with Gasteiger partial charge in [-0.3, -0.25) is 0 Å². The fraction of sp³-hybridized carbons (Fsp3) is 0.522. The SMILES string of the molecule is Cl.Cl.NC1CCC(Oc2nc(NCc3ccccc3)c3ncn(C4CCCC4)c3n2)CC1. The van der Waals surface area contributed by atoms with Gasteiger partial charge in [-0.25, -0.2) is 4.98 Å². The Morgan fingerprint density at radius 1 is 0.969 bits per heavy atom. The third-order valence-electron chi connectivity index (χ3n) is 6.41. The third kappa shape index (κ3) is 5.45. The van der Waals surface area contributed by atoms with E-state index in [0.717, 1.165) is 42.7 Å². The summed E-state index contributed by atoms with van der Waals surface area (Å²) in [4.78, 5) is 14.2. The van der Waals surface area contributed by atoms with Crippen LogP contribution < -0.4 is 15.8 Å². The van der Waals surface area contributed by atoms with Crippen molar-refractivity contribution in [3.63, 3.8) is 0 Å². The predicted octanol–water partition coefficient (Wildman–Crippen LogP) is 5.05. The molecule has 0 bridgehead atoms. The average molecular weight is 479 g/mol. The van der Waals surface area contributed by atoms with Crippen molar-refractivity contribution >= 4 is 41.8 Å². The monoisotopic (exact) mass is 478 g/mol. The summed E-state index contributed by atoms with van der Waals surface area (Å²) in [5.41, 5.74) is 8.93. The summed E-state index contributed by atoms with van der Waals surface area (Å²) in [5, 5.41) is 3.47. The summed E-state index contributed by atoms with van der Waals surface area (Å²) >= 11 is 0. The van der Waals surface area contributed by atoms with Crippen molar-refractivity contribution < 1.29 is 4.74 Å². The van der Waals surface area contributed by atoms with Crippen LogP contribution in [0.15, 0.2) is 36.7 Å². The number of nitrogens with zero attached hydrogens (tertiary/aromatic N) is 4. The first-order valence-corrected chi connectivity index (χ1v) is 11.2. The van der Waals surface area contributed by atoms with E-state index in [-0.39, 0.29) is 30.9 Å². The minimum Gasteiger partial charge on any atom is -0.460 e. The van der Waals surface area contributed by atoms with Crippen molar-refractivity contribution in [2.45, 2.75) is 76.1 Å². The average Bonchev–Trinajstić information content (AvgIpc) is 3.44. The second-order valence-electron chi connectivity index (χ2n) is 8.61. The molecular weight excluding hydrogens is 447 g/mol. The second-order valence-corrected chi connectivity index (χ2v) is 8.61. The lowest BCUT2D eigenvalue weighted by atomic mass is 9.94. The summed E-state index contributed by atoms with van der Waals surface area (Å²) in [6, 6.07) is 11.5. The second kappa shape index (κ2) is 11.2. The smallest absolute Gasteiger partial charge is 0.320 e. The van der Waals surface area contributed by atoms with Gasteiger partial charge in [0.15, 0.2) is 17.0 Å². The number of anilines is 1. The van der Waals surface area contributed by atoms with Gasteiger partial charge in [0.25, 0.3) is 0 Å². The van der Waals surface area contributed by atoms with Gasteiger partial charge in [-0.05, 0) is 44.1 Å². The highest BCUT2D eigenvalue weighted by Crippen LogP contribution is 2.33. The molecule has 5 rings (SSSR count). The van der Waals surface area contributed by atoms with Crippen LogP contribution in [-0.2, 0) is 6.54 Å². The Morgan fingerprint density at radius 2 is 1.69 bits per heavy atom. The maximum absolute atomic E-state index is 6.23. The molecule has 0 aliphatic heterocycles. The number of benzene rings is 1. The maximum atomic E-state index is 6.23. The number of aromatic nitrogens is 4. The van der Waals surface area contributed by atoms with Gasteiger partial charge in [0, 0.05) is 18.6 Å². The summed E-state index contributed by atoms with van der Waals surface area (Å²) in [6.07, 6.45) is 10.8. The fourth-order valence-electron chi connectivity index (χ4n) is 4.66. The zero-order valence-corrected chi connectivity index (χ0v) is 19.8. The Balaban J connectivity index is 0.00000144. The number of rotatable bonds is 6. The van der Waals surface area contributed by atoms with E-state index in [2.05, 4.69) is 27.0 Å². The molecule has 2 heterocycles. The van der Waals surface area contributed by atoms with Crippen LogP contribution in [0.2, 0.25) is 0 Å². The Kier molecular flexibility index (Phi) is 8.57. The summed E-state index contributed by atoms with van der Waals surface area (Å²) in [5.74, 6) is 0.739. The van der Waals surface area contributed by atoms with E-state index in [1.54, 1.807) is 0 Å². The minimum absolute atomic E-state index is 0. The van der Waals surface area contributed by atoms with E-state index in [9.17, 15) is 0 Å². The summed E-state index contributed by atoms with van der Waals surface area (Å²) in [6.45, 7) is 0.682. The predicted molar refractivity (Wildman–Crippen MR) is 132 cm³/mol. The molecule has 2 aliphatic carbocycles. The Hall–Kier alpha value is -2.09. The number of ether oxygens (including phenoxy) is 1. The molecule has 0 spiro atoms. The van der Waals surface area contributed by atoms with Crippen LogP contribution in [0.5, 0.6) is 6.01 Å². The molecule has 3 aromatic rings. The normalized spacial score (nSPS) is 21.0. The van der Waals surface area contributed by atoms with E-state index < -0.39 is 0 Å². The van der Waals surface area contributed by atoms with E-state index in [0.29, 0.717) is 24.6 Å². The van der Waals surface area contributed by atoms with Crippen molar-refractivity contribution in [2.75, 3.05) is 5.32 Å². The Morgan fingerprint density at radius 3 is 2.41 bits per heavy atom. The molecule has 2 aliphatic rings. The molecule has 0 atom stereocenters. The van der Waals surface area contributed by atoms with E-state index >= 15 is 0 Å². The van der Waals surface area contributed by atoms with Gasteiger partial charge >= 0.3 is 6.01 Å². The number of imidazole rings is 1. The topological polar surface area (TPSA) is 90.9 Å². The number of hydrogen-bond donors (Lipinski definition) is 2. The zero-order chi connectivity index (χ0) is 20.3. The van der Waals surface area contributed by atoms with Crippen LogP contribution in [0.25, 0.3) is 11.2 Å². The van der Waals surface area contributed by atoms with Crippen LogP contribution in [0.3, 0.4) is 0 Å². The van der Waals surface area contributed by atoms with Crippen LogP contribution in [0.1, 0.15) is 63.0 Å². The van der Waals surface area contributed by atoms with Crippen LogP contribution in [-0.4, -0.2) is 31.7 Å². The van der Waals surface area contributed by atoms with Gasteiger partial charge in [0.05, 0.1) is 6.33 Å². The molecule has 0 unspecified atom stereocenters. The molecule has 7 nitrogen and oxygen atoms in total. The molecule has 2 fully saturated rings. The maximum Gasteiger partial charge on any atom is 0.320 e. The zero-order valence-electron chi connectivity index (χ0n) is 18.2. The lowest BCUT2D eigenvalue weighted by Gasteiger charge is -2.26. The first-order chi connectivity index (χ1) is 14.8. The number of nitrogens with two attached hydrogens (primary N) is 1. The number of halogens is 2. The minimum atomic E-state index is 0. The van der Waals surface area contributed by atoms with Crippen molar-refractivity contribution in [3.8, 4) is 6.01 Å². The highest BCUT2D eigenvalue weighted by molar-refractivity contribution is 5.85. The molecular formula is C23H32Cl2N6O. The molecule has 9 heteroatoms. The van der Waals surface area contributed by atoms with Gasteiger partial charge in [-0.15, -0.1) is 24.8 Å². The highest BCUT2D eigenvalue weighted by Gasteiger charge is 2.24. The Labute approximate surface area is 201 Å². The molecule has 32 heavy (non-hydrogen) atoms. The summed E-state index contributed by atoms with van der Waals surface area (Å²) < 4.78 is 8.46. The quantitative estimate of drug-likeness (QED) is 0.515. The molecule has 0 saturated heterocycles. The fourth-order valence-corrected chi connectivity index (χ4v) is 4.66. The molecule has 174 valence electrons. The third-order valence-corrected chi connectivity index (χ3v) is 6.41.